The van der Waals surface area contributed by atoms with Crippen LogP contribution in [0, 0.1) is 0 Å². The van der Waals surface area contributed by atoms with E-state index >= 15 is 0 Å². The van der Waals surface area contributed by atoms with Gasteiger partial charge in [0.2, 0.25) is 5.91 Å². The lowest BCUT2D eigenvalue weighted by atomic mass is 10.3. The highest BCUT2D eigenvalue weighted by molar-refractivity contribution is 5.93. The Labute approximate surface area is 102 Å². The van der Waals surface area contributed by atoms with Gasteiger partial charge < -0.3 is 10.1 Å². The number of nitrogens with one attached hydrogen (secondary N) is 1. The quantitative estimate of drug-likeness (QED) is 0.862. The van der Waals surface area contributed by atoms with Crippen LogP contribution < -0.4 is 10.1 Å². The van der Waals surface area contributed by atoms with E-state index < -0.39 is 0 Å². The lowest BCUT2D eigenvalue weighted by Gasteiger charge is -2.15. The van der Waals surface area contributed by atoms with E-state index in [1.54, 1.807) is 7.11 Å². The number of hydrogen-bond acceptors (Lipinski definition) is 3. The van der Waals surface area contributed by atoms with Crippen LogP contribution in [0.5, 0.6) is 5.75 Å². The highest BCUT2D eigenvalue weighted by Gasteiger charge is 2.15. The molecule has 0 saturated carbocycles. The number of nitrogens with zero attached hydrogens (tertiary/aromatic N) is 1. The monoisotopic (exact) mass is 234 g/mol. The summed E-state index contributed by atoms with van der Waals surface area (Å²) in [6.45, 7) is 2.52. The third-order valence-corrected chi connectivity index (χ3v) is 2.95. The zero-order valence-electron chi connectivity index (χ0n) is 10.1. The summed E-state index contributed by atoms with van der Waals surface area (Å²) in [6.07, 6.45) is 2.39. The maximum atomic E-state index is 11.8. The van der Waals surface area contributed by atoms with Gasteiger partial charge in [0.05, 0.1) is 19.3 Å². The largest absolute Gasteiger partial charge is 0.495 e. The van der Waals surface area contributed by atoms with E-state index in [1.807, 2.05) is 24.3 Å². The van der Waals surface area contributed by atoms with E-state index in [2.05, 4.69) is 10.2 Å². The van der Waals surface area contributed by atoms with Crippen molar-refractivity contribution in [1.82, 2.24) is 4.90 Å². The molecule has 0 bridgehead atoms. The molecule has 1 aromatic carbocycles. The molecule has 0 spiro atoms. The summed E-state index contributed by atoms with van der Waals surface area (Å²) in [5, 5.41) is 2.88. The number of methoxy groups -OCH3 is 1. The second-order valence-electron chi connectivity index (χ2n) is 4.23. The summed E-state index contributed by atoms with van der Waals surface area (Å²) in [5.41, 5.74) is 0.735. The van der Waals surface area contributed by atoms with Gasteiger partial charge in [-0.15, -0.1) is 0 Å². The molecule has 1 fully saturated rings. The number of anilines is 1. The van der Waals surface area contributed by atoms with E-state index in [0.717, 1.165) is 18.8 Å². The van der Waals surface area contributed by atoms with Crippen molar-refractivity contribution in [2.45, 2.75) is 12.8 Å². The number of benzene rings is 1. The second kappa shape index (κ2) is 5.68. The highest BCUT2D eigenvalue weighted by Crippen LogP contribution is 2.22. The van der Waals surface area contributed by atoms with E-state index in [4.69, 9.17) is 4.74 Å². The number of rotatable bonds is 4. The fourth-order valence-electron chi connectivity index (χ4n) is 2.08. The molecule has 0 atom stereocenters. The molecule has 1 N–H and O–H groups in total. The standard InChI is InChI=1S/C13H18N2O2/c1-17-12-7-3-2-6-11(12)14-13(16)10-15-8-4-5-9-15/h2-3,6-7H,4-5,8-10H2,1H3,(H,14,16). The molecule has 1 aromatic rings. The summed E-state index contributed by atoms with van der Waals surface area (Å²) >= 11 is 0. The molecule has 1 amide bonds. The Morgan fingerprint density at radius 2 is 2.06 bits per heavy atom. The molecule has 92 valence electrons. The van der Waals surface area contributed by atoms with Crippen LogP contribution in [-0.2, 0) is 4.79 Å². The first kappa shape index (κ1) is 11.9. The van der Waals surface area contributed by atoms with Crippen molar-refractivity contribution in [1.29, 1.82) is 0 Å². The summed E-state index contributed by atoms with van der Waals surface area (Å²) in [6, 6.07) is 7.45. The van der Waals surface area contributed by atoms with E-state index in [-0.39, 0.29) is 5.91 Å². The van der Waals surface area contributed by atoms with Gasteiger partial charge in [-0.1, -0.05) is 12.1 Å². The maximum Gasteiger partial charge on any atom is 0.238 e. The van der Waals surface area contributed by atoms with E-state index in [9.17, 15) is 4.79 Å². The molecule has 1 aliphatic heterocycles. The van der Waals surface area contributed by atoms with Crippen LogP contribution >= 0.6 is 0 Å². The first-order valence-electron chi connectivity index (χ1n) is 5.95. The summed E-state index contributed by atoms with van der Waals surface area (Å²) in [5.74, 6) is 0.721. The summed E-state index contributed by atoms with van der Waals surface area (Å²) in [4.78, 5) is 14.0. The molecule has 1 saturated heterocycles. The van der Waals surface area contributed by atoms with Gasteiger partial charge in [-0.25, -0.2) is 0 Å². The maximum absolute atomic E-state index is 11.8. The lowest BCUT2D eigenvalue weighted by Crippen LogP contribution is -2.30. The zero-order chi connectivity index (χ0) is 12.1. The van der Waals surface area contributed by atoms with E-state index in [1.165, 1.54) is 12.8 Å². The van der Waals surface area contributed by atoms with Gasteiger partial charge in [0.1, 0.15) is 5.75 Å². The number of hydrogen-bond donors (Lipinski definition) is 1. The molecule has 0 aliphatic carbocycles. The Morgan fingerprint density at radius 1 is 1.35 bits per heavy atom. The Hall–Kier alpha value is -1.55. The van der Waals surface area contributed by atoms with Gasteiger partial charge >= 0.3 is 0 Å². The van der Waals surface area contributed by atoms with Gasteiger partial charge in [-0.2, -0.15) is 0 Å². The SMILES string of the molecule is COc1ccccc1NC(=O)CN1CCCC1. The van der Waals surface area contributed by atoms with Gasteiger partial charge in [-0.05, 0) is 38.1 Å². The third-order valence-electron chi connectivity index (χ3n) is 2.95. The van der Waals surface area contributed by atoms with Crippen molar-refractivity contribution in [3.8, 4) is 5.75 Å². The van der Waals surface area contributed by atoms with Crippen LogP contribution in [-0.4, -0.2) is 37.6 Å². The normalized spacial score (nSPS) is 15.8. The molecular formula is C13H18N2O2. The molecule has 17 heavy (non-hydrogen) atoms. The van der Waals surface area contributed by atoms with Gasteiger partial charge in [0, 0.05) is 0 Å². The molecule has 1 heterocycles. The van der Waals surface area contributed by atoms with Gasteiger partial charge in [0.25, 0.3) is 0 Å². The molecule has 0 radical (unpaired) electrons. The van der Waals surface area contributed by atoms with Crippen molar-refractivity contribution < 1.29 is 9.53 Å². The predicted octanol–water partition coefficient (Wildman–Crippen LogP) is 1.73. The average molecular weight is 234 g/mol. The number of carbonyl (C=O) groups is 1. The number of likely N-dealkylation sites (tertiary alicyclic amines) is 1. The molecule has 4 nitrogen and oxygen atoms in total. The van der Waals surface area contributed by atoms with Crippen LogP contribution in [0.1, 0.15) is 12.8 Å². The summed E-state index contributed by atoms with van der Waals surface area (Å²) in [7, 11) is 1.60. The zero-order valence-corrected chi connectivity index (χ0v) is 10.1. The number of para-hydroxylation sites is 2. The Morgan fingerprint density at radius 3 is 2.76 bits per heavy atom. The van der Waals surface area contributed by atoms with Crippen LogP contribution in [0.25, 0.3) is 0 Å². The van der Waals surface area contributed by atoms with Crippen molar-refractivity contribution in [3.63, 3.8) is 0 Å². The van der Waals surface area contributed by atoms with Crippen molar-refractivity contribution in [3.05, 3.63) is 24.3 Å². The second-order valence-corrected chi connectivity index (χ2v) is 4.23. The smallest absolute Gasteiger partial charge is 0.238 e. The van der Waals surface area contributed by atoms with Crippen LogP contribution in [0.4, 0.5) is 5.69 Å². The lowest BCUT2D eigenvalue weighted by molar-refractivity contribution is -0.117. The Bertz CT molecular complexity index is 387. The first-order valence-corrected chi connectivity index (χ1v) is 5.95. The van der Waals surface area contributed by atoms with Crippen LogP contribution in [0.2, 0.25) is 0 Å². The Balaban J connectivity index is 1.92. The molecular weight excluding hydrogens is 216 g/mol. The number of amides is 1. The van der Waals surface area contributed by atoms with Crippen molar-refractivity contribution in [2.75, 3.05) is 32.1 Å². The van der Waals surface area contributed by atoms with Crippen LogP contribution in [0.3, 0.4) is 0 Å². The van der Waals surface area contributed by atoms with Crippen molar-refractivity contribution in [2.24, 2.45) is 0 Å². The molecule has 0 unspecified atom stereocenters. The fraction of sp³-hybridized carbons (Fsp3) is 0.462. The minimum atomic E-state index is 0.0244. The van der Waals surface area contributed by atoms with Crippen molar-refractivity contribution >= 4 is 11.6 Å². The fourth-order valence-corrected chi connectivity index (χ4v) is 2.08. The summed E-state index contributed by atoms with van der Waals surface area (Å²) < 4.78 is 5.19. The molecule has 1 aliphatic rings. The Kier molecular flexibility index (Phi) is 3.98. The average Bonchev–Trinajstić information content (AvgIpc) is 2.82. The first-order chi connectivity index (χ1) is 8.29. The third kappa shape index (κ3) is 3.20. The molecule has 0 aromatic heterocycles. The minimum Gasteiger partial charge on any atom is -0.495 e. The van der Waals surface area contributed by atoms with Gasteiger partial charge in [-0.3, -0.25) is 9.69 Å². The minimum absolute atomic E-state index is 0.0244. The van der Waals surface area contributed by atoms with Gasteiger partial charge in [0.15, 0.2) is 0 Å². The highest BCUT2D eigenvalue weighted by atomic mass is 16.5. The van der Waals surface area contributed by atoms with Crippen LogP contribution in [0.15, 0.2) is 24.3 Å². The molecule has 2 rings (SSSR count). The molecule has 4 heteroatoms. The number of carbonyl (C=O) groups excluding carboxylic acids is 1. The van der Waals surface area contributed by atoms with E-state index in [0.29, 0.717) is 12.3 Å². The topological polar surface area (TPSA) is 41.6 Å². The predicted molar refractivity (Wildman–Crippen MR) is 67.3 cm³/mol. The number of ether oxygens (including phenoxy) is 1.